The molecule has 1 aliphatic rings. The van der Waals surface area contributed by atoms with E-state index in [1.165, 1.54) is 31.3 Å². The number of methoxy groups -OCH3 is 1. The van der Waals surface area contributed by atoms with Crippen molar-refractivity contribution >= 4 is 22.9 Å². The number of fused-ring (bicyclic) bond motifs is 1. The van der Waals surface area contributed by atoms with E-state index in [1.807, 2.05) is 0 Å². The first kappa shape index (κ1) is 29.2. The molecule has 2 amide bonds. The summed E-state index contributed by atoms with van der Waals surface area (Å²) in [5.41, 5.74) is 1.67. The van der Waals surface area contributed by atoms with Crippen LogP contribution in [0.25, 0.3) is 33.6 Å². The number of rotatable bonds is 10. The van der Waals surface area contributed by atoms with Crippen molar-refractivity contribution in [3.8, 4) is 22.5 Å². The first-order chi connectivity index (χ1) is 20.1. The van der Waals surface area contributed by atoms with Gasteiger partial charge in [-0.2, -0.15) is 13.2 Å². The largest absolute Gasteiger partial charge is 0.437 e. The summed E-state index contributed by atoms with van der Waals surface area (Å²) in [6.07, 6.45) is -4.02. The van der Waals surface area contributed by atoms with Gasteiger partial charge in [-0.3, -0.25) is 9.59 Å². The Bertz CT molecular complexity index is 1610. The first-order valence-electron chi connectivity index (χ1n) is 13.5. The summed E-state index contributed by atoms with van der Waals surface area (Å²) in [5.74, 6) is -0.878. The Balaban J connectivity index is 1.62. The van der Waals surface area contributed by atoms with Crippen LogP contribution < -0.4 is 10.6 Å². The van der Waals surface area contributed by atoms with Gasteiger partial charge in [0.2, 0.25) is 5.71 Å². The van der Waals surface area contributed by atoms with Crippen LogP contribution in [0.3, 0.4) is 0 Å². The van der Waals surface area contributed by atoms with E-state index in [0.717, 1.165) is 12.8 Å². The van der Waals surface area contributed by atoms with Crippen LogP contribution in [0.4, 0.5) is 17.6 Å². The zero-order valence-corrected chi connectivity index (χ0v) is 23.0. The third kappa shape index (κ3) is 6.46. The van der Waals surface area contributed by atoms with E-state index < -0.39 is 30.7 Å². The van der Waals surface area contributed by atoms with Crippen LogP contribution in [-0.2, 0) is 11.2 Å². The van der Waals surface area contributed by atoms with E-state index in [1.54, 1.807) is 37.4 Å². The van der Waals surface area contributed by atoms with E-state index in [0.29, 0.717) is 34.8 Å². The fourth-order valence-electron chi connectivity index (χ4n) is 4.97. The molecule has 0 bridgehead atoms. The van der Waals surface area contributed by atoms with Crippen LogP contribution in [0.15, 0.2) is 59.0 Å². The number of pyridine rings is 1. The predicted octanol–water partition coefficient (Wildman–Crippen LogP) is 6.31. The number of nitrogens with one attached hydrogen (secondary N) is 2. The Morgan fingerprint density at radius 1 is 1.07 bits per heavy atom. The SMILES string of the molecule is CNC(=O)c1c(-c2ccc(F)cc2)oc2nc(CCC(F)(F)F)c(-c3cccc(C(=O)N[C@H](COC)C4CC4)c3)cc12. The molecule has 0 aliphatic heterocycles. The number of aromatic nitrogens is 1. The fraction of sp³-hybridized carbons (Fsp3) is 0.323. The number of benzene rings is 2. The number of alkyl halides is 3. The van der Waals surface area contributed by atoms with Gasteiger partial charge in [-0.25, -0.2) is 9.37 Å². The minimum atomic E-state index is -4.44. The molecule has 0 saturated heterocycles. The summed E-state index contributed by atoms with van der Waals surface area (Å²) in [6, 6.07) is 13.2. The predicted molar refractivity (Wildman–Crippen MR) is 148 cm³/mol. The third-order valence-electron chi connectivity index (χ3n) is 7.26. The first-order valence-corrected chi connectivity index (χ1v) is 13.5. The van der Waals surface area contributed by atoms with Gasteiger partial charge in [0, 0.05) is 37.3 Å². The van der Waals surface area contributed by atoms with Gasteiger partial charge in [0.1, 0.15) is 11.6 Å². The highest BCUT2D eigenvalue weighted by Crippen LogP contribution is 2.38. The van der Waals surface area contributed by atoms with E-state index in [9.17, 15) is 27.2 Å². The minimum Gasteiger partial charge on any atom is -0.437 e. The number of amides is 2. The molecule has 1 atom stereocenters. The summed E-state index contributed by atoms with van der Waals surface area (Å²) < 4.78 is 64.6. The Morgan fingerprint density at radius 2 is 1.81 bits per heavy atom. The maximum atomic E-state index is 13.6. The third-order valence-corrected chi connectivity index (χ3v) is 7.26. The van der Waals surface area contributed by atoms with Crippen molar-refractivity contribution in [2.45, 2.75) is 37.9 Å². The molecule has 1 fully saturated rings. The molecule has 5 rings (SSSR count). The quantitative estimate of drug-likeness (QED) is 0.214. The second kappa shape index (κ2) is 11.9. The summed E-state index contributed by atoms with van der Waals surface area (Å²) >= 11 is 0. The Labute approximate surface area is 239 Å². The number of furan rings is 1. The summed E-state index contributed by atoms with van der Waals surface area (Å²) in [5, 5.41) is 5.82. The fourth-order valence-corrected chi connectivity index (χ4v) is 4.97. The zero-order valence-electron chi connectivity index (χ0n) is 23.0. The van der Waals surface area contributed by atoms with Crippen LogP contribution in [0, 0.1) is 11.7 Å². The van der Waals surface area contributed by atoms with Gasteiger partial charge in [-0.05, 0) is 73.2 Å². The standard InChI is InChI=1S/C31H29F4N3O4/c1-36-29(40)26-23-15-22(19-4-3-5-20(14-19)28(39)37-25(16-41-2)17-6-7-17)24(12-13-31(33,34)35)38-30(23)42-27(26)18-8-10-21(32)11-9-18/h3-5,8-11,14-15,17,25H,6-7,12-13,16H2,1-2H3,(H,36,40)(H,37,39)/t25-/m1/s1. The number of carbonyl (C=O) groups is 2. The monoisotopic (exact) mass is 583 g/mol. The van der Waals surface area contributed by atoms with Gasteiger partial charge in [-0.15, -0.1) is 0 Å². The Morgan fingerprint density at radius 3 is 2.45 bits per heavy atom. The Hall–Kier alpha value is -4.25. The van der Waals surface area contributed by atoms with Crippen LogP contribution in [0.5, 0.6) is 0 Å². The average molecular weight is 584 g/mol. The Kier molecular flexibility index (Phi) is 8.31. The molecule has 11 heteroatoms. The summed E-state index contributed by atoms with van der Waals surface area (Å²) in [6.45, 7) is 0.372. The lowest BCUT2D eigenvalue weighted by molar-refractivity contribution is -0.134. The second-order valence-corrected chi connectivity index (χ2v) is 10.3. The molecule has 7 nitrogen and oxygen atoms in total. The number of halogens is 4. The zero-order chi connectivity index (χ0) is 30.0. The van der Waals surface area contributed by atoms with E-state index in [2.05, 4.69) is 15.6 Å². The maximum absolute atomic E-state index is 13.6. The number of nitrogens with zero attached hydrogens (tertiary/aromatic N) is 1. The van der Waals surface area contributed by atoms with Gasteiger partial charge >= 0.3 is 6.18 Å². The number of aryl methyl sites for hydroxylation is 1. The van der Waals surface area contributed by atoms with Crippen LogP contribution in [-0.4, -0.2) is 49.8 Å². The van der Waals surface area contributed by atoms with Crippen molar-refractivity contribution < 1.29 is 36.3 Å². The van der Waals surface area contributed by atoms with Crippen molar-refractivity contribution in [2.24, 2.45) is 5.92 Å². The number of ether oxygens (including phenoxy) is 1. The highest BCUT2D eigenvalue weighted by Gasteiger charge is 2.33. The molecule has 0 unspecified atom stereocenters. The van der Waals surface area contributed by atoms with Crippen LogP contribution in [0.2, 0.25) is 0 Å². The van der Waals surface area contributed by atoms with Crippen molar-refractivity contribution in [1.29, 1.82) is 0 Å². The number of hydrogen-bond acceptors (Lipinski definition) is 5. The molecule has 4 aromatic rings. The van der Waals surface area contributed by atoms with Gasteiger partial charge in [0.25, 0.3) is 11.8 Å². The molecule has 2 aromatic carbocycles. The van der Waals surface area contributed by atoms with Gasteiger partial charge < -0.3 is 19.8 Å². The van der Waals surface area contributed by atoms with E-state index >= 15 is 0 Å². The van der Waals surface area contributed by atoms with Crippen LogP contribution >= 0.6 is 0 Å². The lowest BCUT2D eigenvalue weighted by Crippen LogP contribution is -2.39. The number of carbonyl (C=O) groups excluding carboxylic acids is 2. The van der Waals surface area contributed by atoms with Crippen molar-refractivity contribution in [1.82, 2.24) is 15.6 Å². The highest BCUT2D eigenvalue weighted by atomic mass is 19.4. The minimum absolute atomic E-state index is 0.0328. The van der Waals surface area contributed by atoms with Crippen molar-refractivity contribution in [3.05, 3.63) is 77.2 Å². The molecule has 0 radical (unpaired) electrons. The summed E-state index contributed by atoms with van der Waals surface area (Å²) in [7, 11) is 3.00. The van der Waals surface area contributed by atoms with Gasteiger partial charge in [0.05, 0.1) is 29.3 Å². The van der Waals surface area contributed by atoms with Crippen molar-refractivity contribution in [3.63, 3.8) is 0 Å². The smallest absolute Gasteiger partial charge is 0.389 e. The molecule has 42 heavy (non-hydrogen) atoms. The lowest BCUT2D eigenvalue weighted by atomic mass is 9.96. The maximum Gasteiger partial charge on any atom is 0.389 e. The lowest BCUT2D eigenvalue weighted by Gasteiger charge is -2.18. The molecule has 2 heterocycles. The molecule has 1 aliphatic carbocycles. The topological polar surface area (TPSA) is 93.5 Å². The highest BCUT2D eigenvalue weighted by molar-refractivity contribution is 6.11. The van der Waals surface area contributed by atoms with Gasteiger partial charge in [0.15, 0.2) is 0 Å². The molecule has 0 spiro atoms. The number of hydrogen-bond donors (Lipinski definition) is 2. The molecular weight excluding hydrogens is 554 g/mol. The molecule has 1 saturated carbocycles. The van der Waals surface area contributed by atoms with Crippen molar-refractivity contribution in [2.75, 3.05) is 20.8 Å². The molecule has 220 valence electrons. The second-order valence-electron chi connectivity index (χ2n) is 10.3. The molecule has 2 N–H and O–H groups in total. The normalized spacial score (nSPS) is 14.1. The van der Waals surface area contributed by atoms with Gasteiger partial charge in [-0.1, -0.05) is 12.1 Å². The average Bonchev–Trinajstić information content (AvgIpc) is 3.75. The molecular formula is C31H29F4N3O4. The van der Waals surface area contributed by atoms with Crippen LogP contribution in [0.1, 0.15) is 45.7 Å². The van der Waals surface area contributed by atoms with E-state index in [-0.39, 0.29) is 40.1 Å². The van der Waals surface area contributed by atoms with E-state index in [4.69, 9.17) is 9.15 Å². The molecule has 2 aromatic heterocycles. The summed E-state index contributed by atoms with van der Waals surface area (Å²) in [4.78, 5) is 30.6.